The van der Waals surface area contributed by atoms with E-state index in [2.05, 4.69) is 89.2 Å². The van der Waals surface area contributed by atoms with Crippen LogP contribution < -0.4 is 10.6 Å². The van der Waals surface area contributed by atoms with Crippen molar-refractivity contribution in [1.29, 1.82) is 0 Å². The van der Waals surface area contributed by atoms with Gasteiger partial charge >= 0.3 is 0 Å². The molecule has 0 unspecified atom stereocenters. The molecule has 1 amide bonds. The van der Waals surface area contributed by atoms with E-state index in [0.29, 0.717) is 18.1 Å². The Hall–Kier alpha value is -3.97. The van der Waals surface area contributed by atoms with Gasteiger partial charge in [-0.2, -0.15) is 0 Å². The summed E-state index contributed by atoms with van der Waals surface area (Å²) in [5.41, 5.74) is 8.95. The molecule has 5 rings (SSSR count). The lowest BCUT2D eigenvalue weighted by atomic mass is 9.96. The summed E-state index contributed by atoms with van der Waals surface area (Å²) in [4.78, 5) is 20.0. The third-order valence-electron chi connectivity index (χ3n) is 7.85. The van der Waals surface area contributed by atoms with Crippen molar-refractivity contribution < 1.29 is 4.79 Å². The fourth-order valence-electron chi connectivity index (χ4n) is 5.86. The van der Waals surface area contributed by atoms with Gasteiger partial charge in [-0.05, 0) is 85.9 Å². The minimum atomic E-state index is -0.132. The minimum absolute atomic E-state index is 0.0221. The number of aryl methyl sites for hydroxylation is 3. The Bertz CT molecular complexity index is 1510. The molecule has 2 aromatic carbocycles. The van der Waals surface area contributed by atoms with Crippen molar-refractivity contribution in [2.75, 3.05) is 11.9 Å². The summed E-state index contributed by atoms with van der Waals surface area (Å²) in [5, 5.41) is 7.28. The molecule has 1 saturated heterocycles. The van der Waals surface area contributed by atoms with Crippen LogP contribution >= 0.6 is 12.2 Å². The zero-order valence-electron chi connectivity index (χ0n) is 23.6. The van der Waals surface area contributed by atoms with Gasteiger partial charge in [0.2, 0.25) is 5.91 Å². The largest absolute Gasteiger partial charge is 0.352 e. The number of nitrogens with zero attached hydrogens (tertiary/aromatic N) is 3. The van der Waals surface area contributed by atoms with E-state index in [9.17, 15) is 4.79 Å². The molecule has 6 nitrogen and oxygen atoms in total. The van der Waals surface area contributed by atoms with E-state index in [1.165, 1.54) is 28.2 Å². The first-order valence-corrected chi connectivity index (χ1v) is 14.5. The normalized spacial score (nSPS) is 16.7. The number of rotatable bonds is 9. The number of thiocarbonyl (C=S) groups is 1. The number of pyridine rings is 1. The number of hydrogen-bond acceptors (Lipinski definition) is 3. The van der Waals surface area contributed by atoms with Crippen molar-refractivity contribution in [3.05, 3.63) is 113 Å². The van der Waals surface area contributed by atoms with E-state index < -0.39 is 0 Å². The maximum absolute atomic E-state index is 13.1. The van der Waals surface area contributed by atoms with Gasteiger partial charge in [0.05, 0.1) is 17.8 Å². The highest BCUT2D eigenvalue weighted by Crippen LogP contribution is 2.41. The molecule has 0 radical (unpaired) electrons. The molecular weight excluding hydrogens is 514 g/mol. The monoisotopic (exact) mass is 551 g/mol. The summed E-state index contributed by atoms with van der Waals surface area (Å²) < 4.78 is 2.34. The Kier molecular flexibility index (Phi) is 8.31. The molecule has 2 atom stereocenters. The maximum atomic E-state index is 13.1. The summed E-state index contributed by atoms with van der Waals surface area (Å²) in [6.45, 7) is 9.11. The molecule has 1 aliphatic heterocycles. The van der Waals surface area contributed by atoms with E-state index in [1.807, 2.05) is 42.6 Å². The molecular formula is C33H37N5OS. The lowest BCUT2D eigenvalue weighted by Gasteiger charge is -2.28. The fraction of sp³-hybridized carbons (Fsp3) is 0.303. The van der Waals surface area contributed by atoms with Crippen molar-refractivity contribution in [1.82, 2.24) is 19.8 Å². The molecule has 4 aromatic rings. The highest BCUT2D eigenvalue weighted by Gasteiger charge is 2.41. The van der Waals surface area contributed by atoms with Crippen LogP contribution in [0.3, 0.4) is 0 Å². The average molecular weight is 552 g/mol. The highest BCUT2D eigenvalue weighted by atomic mass is 32.1. The standard InChI is InChI=1S/C33H37N5OS/c1-5-24-13-7-9-15-27(24)35-30(39)18-20-37-32(31(36-33(37)40)28-16-11-12-19-34-28)26-21-22(3)38(23(26)4)29-17-10-8-14-25(29)6-2/h7-17,19,21,31-32H,5-6,18,20H2,1-4H3,(H,35,39)(H,36,40)/t31-,32-/m0/s1. The van der Waals surface area contributed by atoms with Crippen LogP contribution in [0.4, 0.5) is 5.69 Å². The number of anilines is 1. The summed E-state index contributed by atoms with van der Waals surface area (Å²) in [7, 11) is 0. The van der Waals surface area contributed by atoms with Gasteiger partial charge in [-0.1, -0.05) is 56.3 Å². The third kappa shape index (κ3) is 5.39. The Morgan fingerprint density at radius 1 is 0.975 bits per heavy atom. The van der Waals surface area contributed by atoms with Crippen molar-refractivity contribution in [3.8, 4) is 5.69 Å². The first-order chi connectivity index (χ1) is 19.4. The Morgan fingerprint density at radius 3 is 2.40 bits per heavy atom. The van der Waals surface area contributed by atoms with Gasteiger partial charge in [-0.3, -0.25) is 9.78 Å². The first-order valence-electron chi connectivity index (χ1n) is 14.1. The Balaban J connectivity index is 1.48. The summed E-state index contributed by atoms with van der Waals surface area (Å²) in [6.07, 6.45) is 3.96. The molecule has 0 bridgehead atoms. The van der Waals surface area contributed by atoms with Crippen LogP contribution in [0.15, 0.2) is 79.0 Å². The van der Waals surface area contributed by atoms with Crippen LogP contribution in [-0.4, -0.2) is 32.0 Å². The molecule has 2 aromatic heterocycles. The zero-order valence-corrected chi connectivity index (χ0v) is 24.5. The van der Waals surface area contributed by atoms with Crippen LogP contribution in [0.25, 0.3) is 5.69 Å². The second kappa shape index (κ2) is 12.0. The van der Waals surface area contributed by atoms with Crippen molar-refractivity contribution in [3.63, 3.8) is 0 Å². The maximum Gasteiger partial charge on any atom is 0.226 e. The molecule has 1 aliphatic rings. The summed E-state index contributed by atoms with van der Waals surface area (Å²) in [6, 6.07) is 24.5. The second-order valence-corrected chi connectivity index (χ2v) is 10.7. The first kappa shape index (κ1) is 27.6. The van der Waals surface area contributed by atoms with E-state index in [0.717, 1.165) is 29.8 Å². The number of nitrogens with one attached hydrogen (secondary N) is 2. The van der Waals surface area contributed by atoms with Gasteiger partial charge in [0, 0.05) is 41.9 Å². The lowest BCUT2D eigenvalue weighted by molar-refractivity contribution is -0.116. The fourth-order valence-corrected chi connectivity index (χ4v) is 6.19. The van der Waals surface area contributed by atoms with Crippen LogP contribution in [-0.2, 0) is 17.6 Å². The van der Waals surface area contributed by atoms with Crippen molar-refractivity contribution >= 4 is 28.9 Å². The Labute approximate surface area is 242 Å². The molecule has 3 heterocycles. The van der Waals surface area contributed by atoms with Crippen LogP contribution in [0.1, 0.15) is 66.1 Å². The highest BCUT2D eigenvalue weighted by molar-refractivity contribution is 7.80. The van der Waals surface area contributed by atoms with Crippen LogP contribution in [0, 0.1) is 13.8 Å². The van der Waals surface area contributed by atoms with Gasteiger partial charge in [0.1, 0.15) is 0 Å². The number of para-hydroxylation sites is 2. The number of carbonyl (C=O) groups excluding carboxylic acids is 1. The van der Waals surface area contributed by atoms with E-state index >= 15 is 0 Å². The van der Waals surface area contributed by atoms with Crippen molar-refractivity contribution in [2.45, 2.75) is 59.0 Å². The smallest absolute Gasteiger partial charge is 0.226 e. The number of benzene rings is 2. The van der Waals surface area contributed by atoms with Gasteiger partial charge in [-0.25, -0.2) is 0 Å². The topological polar surface area (TPSA) is 62.2 Å². The SMILES string of the molecule is CCc1ccccc1NC(=O)CCN1C(=S)N[C@@H](c2ccccn2)[C@@H]1c1cc(C)n(-c2ccccc2CC)c1C. The molecule has 0 spiro atoms. The van der Waals surface area contributed by atoms with Gasteiger partial charge in [-0.15, -0.1) is 0 Å². The van der Waals surface area contributed by atoms with E-state index in [4.69, 9.17) is 12.2 Å². The third-order valence-corrected chi connectivity index (χ3v) is 8.20. The summed E-state index contributed by atoms with van der Waals surface area (Å²) in [5.74, 6) is -0.0221. The van der Waals surface area contributed by atoms with Crippen LogP contribution in [0.2, 0.25) is 0 Å². The number of amides is 1. The molecule has 7 heteroatoms. The van der Waals surface area contributed by atoms with Gasteiger partial charge < -0.3 is 20.1 Å². The number of hydrogen-bond donors (Lipinski definition) is 2. The average Bonchev–Trinajstić information content (AvgIpc) is 3.46. The molecule has 1 fully saturated rings. The predicted molar refractivity (Wildman–Crippen MR) is 166 cm³/mol. The minimum Gasteiger partial charge on any atom is -0.352 e. The molecule has 2 N–H and O–H groups in total. The quantitative estimate of drug-likeness (QED) is 0.229. The molecule has 40 heavy (non-hydrogen) atoms. The second-order valence-electron chi connectivity index (χ2n) is 10.3. The number of aromatic nitrogens is 2. The Morgan fingerprint density at radius 2 is 1.68 bits per heavy atom. The zero-order chi connectivity index (χ0) is 28.2. The lowest BCUT2D eigenvalue weighted by Crippen LogP contribution is -2.33. The van der Waals surface area contributed by atoms with Gasteiger partial charge in [0.15, 0.2) is 5.11 Å². The number of carbonyl (C=O) groups is 1. The van der Waals surface area contributed by atoms with Crippen molar-refractivity contribution in [2.24, 2.45) is 0 Å². The van der Waals surface area contributed by atoms with Gasteiger partial charge in [0.25, 0.3) is 0 Å². The van der Waals surface area contributed by atoms with Crippen LogP contribution in [0.5, 0.6) is 0 Å². The van der Waals surface area contributed by atoms with E-state index in [1.54, 1.807) is 0 Å². The molecule has 0 saturated carbocycles. The predicted octanol–water partition coefficient (Wildman–Crippen LogP) is 6.62. The molecule has 206 valence electrons. The van der Waals surface area contributed by atoms with E-state index in [-0.39, 0.29) is 18.0 Å². The molecule has 0 aliphatic carbocycles. The summed E-state index contributed by atoms with van der Waals surface area (Å²) >= 11 is 5.88.